The number of carbonyl (C=O) groups excluding carboxylic acids is 1. The van der Waals surface area contributed by atoms with Crippen LogP contribution in [0.5, 0.6) is 11.5 Å². The Hall–Kier alpha value is -1.51. The highest BCUT2D eigenvalue weighted by atomic mass is 35.7. The van der Waals surface area contributed by atoms with Crippen LogP contribution in [0, 0.1) is 0 Å². The van der Waals surface area contributed by atoms with Gasteiger partial charge in [0.1, 0.15) is 24.9 Å². The van der Waals surface area contributed by atoms with E-state index in [0.29, 0.717) is 13.2 Å². The first-order valence-corrected chi connectivity index (χ1v) is 8.43. The first-order valence-electron chi connectivity index (χ1n) is 6.12. The molecule has 0 saturated carbocycles. The maximum Gasteiger partial charge on any atom is 0.342 e. The number of hydrogen-bond acceptors (Lipinski definition) is 7. The summed E-state index contributed by atoms with van der Waals surface area (Å²) < 4.78 is 43.7. The van der Waals surface area contributed by atoms with Crippen LogP contribution in [0.4, 0.5) is 0 Å². The molecule has 1 aromatic rings. The first-order chi connectivity index (χ1) is 9.95. The number of ether oxygens (including phenoxy) is 4. The van der Waals surface area contributed by atoms with E-state index in [2.05, 4.69) is 0 Å². The number of hydrogen-bond donors (Lipinski definition) is 0. The number of carbonyl (C=O) groups is 1. The van der Waals surface area contributed by atoms with Crippen LogP contribution in [-0.4, -0.2) is 46.9 Å². The normalized spacial score (nSPS) is 18.0. The SMILES string of the molecule is O=C(OC1COC1)c1cc(S(=O)(=O)Cl)cc2c1OCCO2. The molecule has 0 aromatic heterocycles. The van der Waals surface area contributed by atoms with Gasteiger partial charge < -0.3 is 18.9 Å². The fourth-order valence-corrected chi connectivity index (χ4v) is 2.69. The zero-order chi connectivity index (χ0) is 15.0. The zero-order valence-electron chi connectivity index (χ0n) is 10.7. The van der Waals surface area contributed by atoms with Crippen molar-refractivity contribution in [3.63, 3.8) is 0 Å². The summed E-state index contributed by atoms with van der Waals surface area (Å²) in [5, 5.41) is 0. The monoisotopic (exact) mass is 334 g/mol. The van der Waals surface area contributed by atoms with Crippen LogP contribution < -0.4 is 9.47 Å². The number of esters is 1. The zero-order valence-corrected chi connectivity index (χ0v) is 12.3. The summed E-state index contributed by atoms with van der Waals surface area (Å²) in [5.74, 6) is -0.387. The van der Waals surface area contributed by atoms with Gasteiger partial charge in [0.25, 0.3) is 9.05 Å². The van der Waals surface area contributed by atoms with Gasteiger partial charge in [0.15, 0.2) is 11.5 Å². The molecular weight excluding hydrogens is 324 g/mol. The lowest BCUT2D eigenvalue weighted by Crippen LogP contribution is -2.38. The van der Waals surface area contributed by atoms with Gasteiger partial charge in [-0.25, -0.2) is 13.2 Å². The quantitative estimate of drug-likeness (QED) is 0.600. The maximum atomic E-state index is 12.1. The van der Waals surface area contributed by atoms with Crippen LogP contribution in [0.2, 0.25) is 0 Å². The second kappa shape index (κ2) is 5.36. The van der Waals surface area contributed by atoms with Gasteiger partial charge in [0.2, 0.25) is 0 Å². The highest BCUT2D eigenvalue weighted by Gasteiger charge is 2.29. The molecule has 1 aromatic carbocycles. The average molecular weight is 335 g/mol. The van der Waals surface area contributed by atoms with Crippen molar-refractivity contribution >= 4 is 25.7 Å². The van der Waals surface area contributed by atoms with Crippen LogP contribution in [0.1, 0.15) is 10.4 Å². The average Bonchev–Trinajstić information content (AvgIpc) is 2.40. The predicted molar refractivity (Wildman–Crippen MR) is 70.5 cm³/mol. The number of fused-ring (bicyclic) bond motifs is 1. The van der Waals surface area contributed by atoms with Crippen molar-refractivity contribution < 1.29 is 32.2 Å². The molecule has 114 valence electrons. The lowest BCUT2D eigenvalue weighted by Gasteiger charge is -2.27. The van der Waals surface area contributed by atoms with Crippen LogP contribution >= 0.6 is 10.7 Å². The van der Waals surface area contributed by atoms with Crippen molar-refractivity contribution in [2.24, 2.45) is 0 Å². The van der Waals surface area contributed by atoms with Crippen LogP contribution in [0.3, 0.4) is 0 Å². The van der Waals surface area contributed by atoms with Crippen molar-refractivity contribution in [2.75, 3.05) is 26.4 Å². The van der Waals surface area contributed by atoms with E-state index in [1.165, 1.54) is 6.07 Å². The molecule has 1 fully saturated rings. The molecule has 1 saturated heterocycles. The molecule has 7 nitrogen and oxygen atoms in total. The van der Waals surface area contributed by atoms with Gasteiger partial charge in [0.05, 0.1) is 18.1 Å². The summed E-state index contributed by atoms with van der Waals surface area (Å²) in [5.41, 5.74) is -0.0293. The van der Waals surface area contributed by atoms with Crippen LogP contribution in [0.25, 0.3) is 0 Å². The Balaban J connectivity index is 2.01. The second-order valence-electron chi connectivity index (χ2n) is 4.50. The molecule has 21 heavy (non-hydrogen) atoms. The molecule has 2 aliphatic rings. The lowest BCUT2D eigenvalue weighted by molar-refractivity contribution is -0.103. The molecule has 2 heterocycles. The molecule has 0 unspecified atom stereocenters. The standard InChI is InChI=1S/C12H11ClO7S/c13-21(15,16)8-3-9(12(14)20-7-5-17-6-7)11-10(4-8)18-1-2-19-11/h3-4,7H,1-2,5-6H2. The Kier molecular flexibility index (Phi) is 3.68. The molecule has 0 amide bonds. The van der Waals surface area contributed by atoms with E-state index in [1.54, 1.807) is 0 Å². The lowest BCUT2D eigenvalue weighted by atomic mass is 10.1. The minimum absolute atomic E-state index is 0.0293. The van der Waals surface area contributed by atoms with E-state index < -0.39 is 15.0 Å². The molecule has 0 bridgehead atoms. The predicted octanol–water partition coefficient (Wildman–Crippen LogP) is 0.941. The van der Waals surface area contributed by atoms with Gasteiger partial charge in [-0.2, -0.15) is 0 Å². The van der Waals surface area contributed by atoms with Crippen molar-refractivity contribution in [1.82, 2.24) is 0 Å². The largest absolute Gasteiger partial charge is 0.486 e. The molecule has 0 spiro atoms. The number of rotatable bonds is 3. The molecule has 9 heteroatoms. The maximum absolute atomic E-state index is 12.1. The molecule has 3 rings (SSSR count). The fourth-order valence-electron chi connectivity index (χ4n) is 1.92. The van der Waals surface area contributed by atoms with E-state index in [1.807, 2.05) is 0 Å². The van der Waals surface area contributed by atoms with E-state index in [0.717, 1.165) is 6.07 Å². The number of halogens is 1. The minimum Gasteiger partial charge on any atom is -0.486 e. The molecule has 0 radical (unpaired) electrons. The summed E-state index contributed by atoms with van der Waals surface area (Å²) in [6.07, 6.45) is -0.339. The molecular formula is C12H11ClO7S. The number of benzene rings is 1. The summed E-state index contributed by atoms with van der Waals surface area (Å²) >= 11 is 0. The molecule has 0 N–H and O–H groups in total. The molecule has 2 aliphatic heterocycles. The van der Waals surface area contributed by atoms with E-state index in [9.17, 15) is 13.2 Å². The molecule has 0 aliphatic carbocycles. The van der Waals surface area contributed by atoms with Crippen LogP contribution in [0.15, 0.2) is 17.0 Å². The molecule has 0 atom stereocenters. The van der Waals surface area contributed by atoms with E-state index in [-0.39, 0.29) is 41.3 Å². The highest BCUT2D eigenvalue weighted by Crippen LogP contribution is 2.38. The van der Waals surface area contributed by atoms with E-state index in [4.69, 9.17) is 29.6 Å². The van der Waals surface area contributed by atoms with Gasteiger partial charge in [-0.05, 0) is 6.07 Å². The van der Waals surface area contributed by atoms with Gasteiger partial charge in [-0.3, -0.25) is 0 Å². The van der Waals surface area contributed by atoms with E-state index >= 15 is 0 Å². The third kappa shape index (κ3) is 2.92. The topological polar surface area (TPSA) is 88.1 Å². The Bertz CT molecular complexity index is 681. The summed E-state index contributed by atoms with van der Waals surface area (Å²) in [7, 11) is 1.32. The van der Waals surface area contributed by atoms with Gasteiger partial charge >= 0.3 is 5.97 Å². The van der Waals surface area contributed by atoms with Crippen LogP contribution in [-0.2, 0) is 18.5 Å². The summed E-state index contributed by atoms with van der Waals surface area (Å²) in [6.45, 7) is 1.15. The fraction of sp³-hybridized carbons (Fsp3) is 0.417. The Morgan fingerprint density at radius 1 is 1.24 bits per heavy atom. The highest BCUT2D eigenvalue weighted by molar-refractivity contribution is 8.13. The smallest absolute Gasteiger partial charge is 0.342 e. The van der Waals surface area contributed by atoms with Crippen molar-refractivity contribution in [3.8, 4) is 11.5 Å². The Morgan fingerprint density at radius 2 is 1.95 bits per heavy atom. The second-order valence-corrected chi connectivity index (χ2v) is 7.06. The Morgan fingerprint density at radius 3 is 2.57 bits per heavy atom. The third-order valence-electron chi connectivity index (χ3n) is 3.00. The summed E-state index contributed by atoms with van der Waals surface area (Å²) in [4.78, 5) is 11.9. The third-order valence-corrected chi connectivity index (χ3v) is 4.33. The van der Waals surface area contributed by atoms with Crippen molar-refractivity contribution in [1.29, 1.82) is 0 Å². The van der Waals surface area contributed by atoms with Crippen molar-refractivity contribution in [3.05, 3.63) is 17.7 Å². The van der Waals surface area contributed by atoms with Gasteiger partial charge in [-0.15, -0.1) is 0 Å². The van der Waals surface area contributed by atoms with Gasteiger partial charge in [-0.1, -0.05) is 0 Å². The minimum atomic E-state index is -4.01. The first kappa shape index (κ1) is 14.4. The Labute approximate surface area is 125 Å². The summed E-state index contributed by atoms with van der Waals surface area (Å²) in [6, 6.07) is 2.35. The van der Waals surface area contributed by atoms with Gasteiger partial charge in [0, 0.05) is 16.7 Å². The van der Waals surface area contributed by atoms with Crippen molar-refractivity contribution in [2.45, 2.75) is 11.0 Å².